The molecule has 0 aromatic heterocycles. The Morgan fingerprint density at radius 3 is 2.46 bits per heavy atom. The zero-order chi connectivity index (χ0) is 17.5. The predicted octanol–water partition coefficient (Wildman–Crippen LogP) is 2.84. The molecule has 24 heavy (non-hydrogen) atoms. The number of halogens is 2. The molecule has 0 radical (unpaired) electrons. The SMILES string of the molecule is CC1(C)OB(c2cc(F)c3c(c2)CCN(CCCF)C3)OC1(C)C. The van der Waals surface area contributed by atoms with Gasteiger partial charge >= 0.3 is 7.12 Å². The van der Waals surface area contributed by atoms with Crippen LogP contribution in [0.5, 0.6) is 0 Å². The molecule has 0 atom stereocenters. The van der Waals surface area contributed by atoms with Gasteiger partial charge in [0.15, 0.2) is 0 Å². The van der Waals surface area contributed by atoms with Crippen LogP contribution in [0, 0.1) is 5.82 Å². The van der Waals surface area contributed by atoms with Gasteiger partial charge in [0, 0.05) is 25.2 Å². The highest BCUT2D eigenvalue weighted by atomic mass is 19.1. The van der Waals surface area contributed by atoms with E-state index in [1.807, 2.05) is 33.8 Å². The number of alkyl halides is 1. The lowest BCUT2D eigenvalue weighted by Gasteiger charge is -2.32. The summed E-state index contributed by atoms with van der Waals surface area (Å²) in [6, 6.07) is 3.53. The molecule has 1 saturated heterocycles. The number of hydrogen-bond donors (Lipinski definition) is 0. The first-order chi connectivity index (χ1) is 11.2. The molecule has 0 aliphatic carbocycles. The number of fused-ring (bicyclic) bond motifs is 1. The average molecular weight is 337 g/mol. The molecule has 3 nitrogen and oxygen atoms in total. The summed E-state index contributed by atoms with van der Waals surface area (Å²) >= 11 is 0. The van der Waals surface area contributed by atoms with Crippen molar-refractivity contribution in [2.24, 2.45) is 0 Å². The van der Waals surface area contributed by atoms with Gasteiger partial charge in [-0.1, -0.05) is 6.07 Å². The highest BCUT2D eigenvalue weighted by Gasteiger charge is 2.51. The number of rotatable bonds is 4. The first-order valence-corrected chi connectivity index (χ1v) is 8.69. The van der Waals surface area contributed by atoms with Gasteiger partial charge in [-0.05, 0) is 57.6 Å². The summed E-state index contributed by atoms with van der Waals surface area (Å²) in [5.74, 6) is -0.220. The summed E-state index contributed by atoms with van der Waals surface area (Å²) in [4.78, 5) is 2.11. The molecule has 3 rings (SSSR count). The summed E-state index contributed by atoms with van der Waals surface area (Å²) in [7, 11) is -0.542. The van der Waals surface area contributed by atoms with Crippen LogP contribution >= 0.6 is 0 Å². The fraction of sp³-hybridized carbons (Fsp3) is 0.667. The van der Waals surface area contributed by atoms with Crippen molar-refractivity contribution in [1.29, 1.82) is 0 Å². The minimum Gasteiger partial charge on any atom is -0.399 e. The molecule has 132 valence electrons. The molecule has 0 unspecified atom stereocenters. The normalized spacial score (nSPS) is 22.7. The highest BCUT2D eigenvalue weighted by Crippen LogP contribution is 2.36. The second kappa shape index (κ2) is 6.39. The summed E-state index contributed by atoms with van der Waals surface area (Å²) in [5, 5.41) is 0. The zero-order valence-electron chi connectivity index (χ0n) is 15.0. The lowest BCUT2D eigenvalue weighted by atomic mass is 9.76. The van der Waals surface area contributed by atoms with Crippen molar-refractivity contribution in [2.45, 2.75) is 58.3 Å². The van der Waals surface area contributed by atoms with E-state index < -0.39 is 18.3 Å². The largest absolute Gasteiger partial charge is 0.494 e. The molecule has 0 saturated carbocycles. The van der Waals surface area contributed by atoms with Crippen LogP contribution in [0.25, 0.3) is 0 Å². The van der Waals surface area contributed by atoms with Crippen molar-refractivity contribution in [3.05, 3.63) is 29.1 Å². The standard InChI is InChI=1S/C18H26BF2NO2/c1-17(2)18(3,4)24-19(23-17)14-10-13-6-9-22(8-5-7-20)12-15(13)16(21)11-14/h10-11H,5-9,12H2,1-4H3. The molecule has 1 aromatic carbocycles. The van der Waals surface area contributed by atoms with Gasteiger partial charge in [-0.15, -0.1) is 0 Å². The number of nitrogens with zero attached hydrogens (tertiary/aromatic N) is 1. The monoisotopic (exact) mass is 337 g/mol. The Hall–Kier alpha value is -0.975. The molecule has 0 spiro atoms. The second-order valence-electron chi connectivity index (χ2n) is 7.80. The third kappa shape index (κ3) is 3.24. The first kappa shape index (κ1) is 17.8. The van der Waals surface area contributed by atoms with E-state index in [9.17, 15) is 8.78 Å². The number of hydrogen-bond acceptors (Lipinski definition) is 3. The second-order valence-corrected chi connectivity index (χ2v) is 7.80. The summed E-state index contributed by atoms with van der Waals surface area (Å²) in [6.45, 7) is 9.69. The van der Waals surface area contributed by atoms with Crippen molar-refractivity contribution < 1.29 is 18.1 Å². The third-order valence-corrected chi connectivity index (χ3v) is 5.52. The molecule has 1 fully saturated rings. The van der Waals surface area contributed by atoms with Crippen molar-refractivity contribution in [3.63, 3.8) is 0 Å². The van der Waals surface area contributed by atoms with Gasteiger partial charge in [0.2, 0.25) is 0 Å². The van der Waals surface area contributed by atoms with E-state index in [1.54, 1.807) is 0 Å². The van der Waals surface area contributed by atoms with Crippen molar-refractivity contribution in [2.75, 3.05) is 19.8 Å². The summed E-state index contributed by atoms with van der Waals surface area (Å²) in [6.07, 6.45) is 1.27. The van der Waals surface area contributed by atoms with Crippen LogP contribution in [-0.2, 0) is 22.3 Å². The van der Waals surface area contributed by atoms with Gasteiger partial charge in [-0.25, -0.2) is 4.39 Å². The van der Waals surface area contributed by atoms with Gasteiger partial charge in [-0.3, -0.25) is 9.29 Å². The molecular formula is C18H26BF2NO2. The predicted molar refractivity (Wildman–Crippen MR) is 91.7 cm³/mol. The van der Waals surface area contributed by atoms with E-state index in [-0.39, 0.29) is 12.5 Å². The number of benzene rings is 1. The van der Waals surface area contributed by atoms with Crippen LogP contribution in [0.4, 0.5) is 8.78 Å². The minimum absolute atomic E-state index is 0.220. The first-order valence-electron chi connectivity index (χ1n) is 8.69. The third-order valence-electron chi connectivity index (χ3n) is 5.52. The fourth-order valence-corrected chi connectivity index (χ4v) is 3.29. The van der Waals surface area contributed by atoms with Crippen molar-refractivity contribution in [3.8, 4) is 0 Å². The van der Waals surface area contributed by atoms with Gasteiger partial charge in [-0.2, -0.15) is 0 Å². The maximum Gasteiger partial charge on any atom is 0.494 e. The Balaban J connectivity index is 1.81. The summed E-state index contributed by atoms with van der Waals surface area (Å²) < 4.78 is 39.1. The smallest absolute Gasteiger partial charge is 0.399 e. The highest BCUT2D eigenvalue weighted by molar-refractivity contribution is 6.62. The maximum atomic E-state index is 14.7. The topological polar surface area (TPSA) is 21.7 Å². The maximum absolute atomic E-state index is 14.7. The lowest BCUT2D eigenvalue weighted by molar-refractivity contribution is 0.00578. The Labute approximate surface area is 143 Å². The van der Waals surface area contributed by atoms with E-state index in [0.717, 1.165) is 29.6 Å². The zero-order valence-corrected chi connectivity index (χ0v) is 15.0. The molecule has 1 aromatic rings. The van der Waals surface area contributed by atoms with Crippen LogP contribution < -0.4 is 5.46 Å². The fourth-order valence-electron chi connectivity index (χ4n) is 3.29. The molecule has 0 bridgehead atoms. The molecular weight excluding hydrogens is 311 g/mol. The molecule has 2 heterocycles. The Bertz CT molecular complexity index is 605. The van der Waals surface area contributed by atoms with Crippen LogP contribution in [0.2, 0.25) is 0 Å². The molecule has 6 heteroatoms. The van der Waals surface area contributed by atoms with E-state index in [0.29, 0.717) is 19.5 Å². The van der Waals surface area contributed by atoms with Gasteiger partial charge in [0.25, 0.3) is 0 Å². The molecule has 0 N–H and O–H groups in total. The van der Waals surface area contributed by atoms with E-state index in [2.05, 4.69) is 4.90 Å². The minimum atomic E-state index is -0.542. The Morgan fingerprint density at radius 1 is 1.17 bits per heavy atom. The quantitative estimate of drug-likeness (QED) is 0.789. The van der Waals surface area contributed by atoms with Crippen molar-refractivity contribution >= 4 is 12.6 Å². The summed E-state index contributed by atoms with van der Waals surface area (Å²) in [5.41, 5.74) is 1.60. The van der Waals surface area contributed by atoms with E-state index >= 15 is 0 Å². The van der Waals surface area contributed by atoms with Crippen molar-refractivity contribution in [1.82, 2.24) is 4.90 Å². The average Bonchev–Trinajstić information content (AvgIpc) is 2.73. The Morgan fingerprint density at radius 2 is 1.83 bits per heavy atom. The molecule has 2 aliphatic rings. The van der Waals surface area contributed by atoms with E-state index in [4.69, 9.17) is 9.31 Å². The molecule has 2 aliphatic heterocycles. The van der Waals surface area contributed by atoms with Crippen LogP contribution in [0.15, 0.2) is 12.1 Å². The van der Waals surface area contributed by atoms with Gasteiger partial charge < -0.3 is 9.31 Å². The van der Waals surface area contributed by atoms with Crippen LogP contribution in [0.1, 0.15) is 45.2 Å². The van der Waals surface area contributed by atoms with Gasteiger partial charge in [0.1, 0.15) is 5.82 Å². The van der Waals surface area contributed by atoms with Crippen LogP contribution in [0.3, 0.4) is 0 Å². The molecule has 0 amide bonds. The lowest BCUT2D eigenvalue weighted by Crippen LogP contribution is -2.41. The van der Waals surface area contributed by atoms with Gasteiger partial charge in [0.05, 0.1) is 17.9 Å². The van der Waals surface area contributed by atoms with E-state index in [1.165, 1.54) is 6.07 Å². The van der Waals surface area contributed by atoms with Crippen LogP contribution in [-0.4, -0.2) is 43.0 Å². The Kier molecular flexibility index (Phi) is 4.75.